The summed E-state index contributed by atoms with van der Waals surface area (Å²) in [4.78, 5) is 34.2. The molecule has 0 fully saturated rings. The summed E-state index contributed by atoms with van der Waals surface area (Å²) < 4.78 is 0. The largest absolute Gasteiger partial charge is 0.478 e. The van der Waals surface area contributed by atoms with Crippen molar-refractivity contribution in [2.24, 2.45) is 0 Å². The van der Waals surface area contributed by atoms with Gasteiger partial charge in [-0.25, -0.2) is 9.59 Å². The van der Waals surface area contributed by atoms with Gasteiger partial charge in [-0.1, -0.05) is 36.4 Å². The molecule has 6 heteroatoms. The Kier molecular flexibility index (Phi) is 3.69. The summed E-state index contributed by atoms with van der Waals surface area (Å²) in [5, 5.41) is 21.4. The molecule has 2 aromatic carbocycles. The second kappa shape index (κ2) is 6.35. The van der Waals surface area contributed by atoms with Crippen LogP contribution in [0.5, 0.6) is 0 Å². The van der Waals surface area contributed by atoms with Crippen molar-refractivity contribution in [2.45, 2.75) is 31.1 Å². The van der Waals surface area contributed by atoms with Gasteiger partial charge in [0.25, 0.3) is 0 Å². The number of rotatable bonds is 2. The van der Waals surface area contributed by atoms with E-state index in [-0.39, 0.29) is 11.8 Å². The van der Waals surface area contributed by atoms with Crippen LogP contribution in [0, 0.1) is 0 Å². The zero-order valence-corrected chi connectivity index (χ0v) is 16.5. The Bertz CT molecular complexity index is 1330. The molecule has 0 radical (unpaired) electrons. The molecule has 2 bridgehead atoms. The number of hydrogen-bond donors (Lipinski definition) is 2. The van der Waals surface area contributed by atoms with E-state index < -0.39 is 11.9 Å². The molecule has 6 nitrogen and oxygen atoms in total. The van der Waals surface area contributed by atoms with Crippen molar-refractivity contribution in [2.75, 3.05) is 0 Å². The second-order valence-corrected chi connectivity index (χ2v) is 8.38. The molecule has 2 aliphatic carbocycles. The molecule has 0 amide bonds. The molecular formula is C25H18N2O4. The number of carbonyl (C=O) groups is 2. The fourth-order valence-corrected chi connectivity index (χ4v) is 5.54. The molecule has 0 aliphatic heterocycles. The Morgan fingerprint density at radius 3 is 1.55 bits per heavy atom. The van der Waals surface area contributed by atoms with Crippen molar-refractivity contribution < 1.29 is 19.8 Å². The number of aromatic nitrogens is 2. The third-order valence-corrected chi connectivity index (χ3v) is 6.72. The predicted molar refractivity (Wildman–Crippen MR) is 115 cm³/mol. The predicted octanol–water partition coefficient (Wildman–Crippen LogP) is 4.55. The highest BCUT2D eigenvalue weighted by Crippen LogP contribution is 2.49. The first-order valence-electron chi connectivity index (χ1n) is 10.3. The fourth-order valence-electron chi connectivity index (χ4n) is 5.54. The Hall–Kier alpha value is -3.80. The second-order valence-electron chi connectivity index (χ2n) is 8.38. The molecule has 4 aromatic rings. The van der Waals surface area contributed by atoms with Gasteiger partial charge in [-0.05, 0) is 42.5 Å². The van der Waals surface area contributed by atoms with Crippen LogP contribution in [0.15, 0.2) is 48.5 Å². The smallest absolute Gasteiger partial charge is 0.336 e. The summed E-state index contributed by atoms with van der Waals surface area (Å²) in [5.41, 5.74) is 5.09. The van der Waals surface area contributed by atoms with Crippen molar-refractivity contribution in [1.82, 2.24) is 9.97 Å². The molecule has 31 heavy (non-hydrogen) atoms. The van der Waals surface area contributed by atoms with Crippen molar-refractivity contribution in [3.63, 3.8) is 0 Å². The van der Waals surface area contributed by atoms with E-state index in [0.29, 0.717) is 45.8 Å². The number of hydrogen-bond acceptors (Lipinski definition) is 4. The van der Waals surface area contributed by atoms with Crippen LogP contribution in [0.3, 0.4) is 0 Å². The van der Waals surface area contributed by atoms with Gasteiger partial charge in [0.1, 0.15) is 0 Å². The molecule has 2 N–H and O–H groups in total. The van der Waals surface area contributed by atoms with Crippen LogP contribution in [0.2, 0.25) is 0 Å². The standard InChI is InChI=1S/C25H18N2O4/c28-24(29)20-14-5-1-3-7-18(14)26-22-13-9-12(10-16(20)22)23-17(11-13)21(25(30)31)15-6-2-4-8-19(15)27-23/h1-8,12-13H,9-11H2,(H,28,29)(H,30,31)/t12-,13-/m1/s1. The number of pyridine rings is 2. The average molecular weight is 410 g/mol. The number of aromatic carboxylic acids is 2. The van der Waals surface area contributed by atoms with Crippen LogP contribution in [-0.4, -0.2) is 32.1 Å². The van der Waals surface area contributed by atoms with E-state index in [1.165, 1.54) is 0 Å². The van der Waals surface area contributed by atoms with Gasteiger partial charge in [-0.3, -0.25) is 9.97 Å². The topological polar surface area (TPSA) is 100 Å². The van der Waals surface area contributed by atoms with Crippen molar-refractivity contribution >= 4 is 33.7 Å². The first-order chi connectivity index (χ1) is 15.0. The van der Waals surface area contributed by atoms with Gasteiger partial charge < -0.3 is 10.2 Å². The fraction of sp³-hybridized carbons (Fsp3) is 0.200. The Balaban J connectivity index is 1.62. The van der Waals surface area contributed by atoms with Crippen molar-refractivity contribution in [1.29, 1.82) is 0 Å². The Morgan fingerprint density at radius 2 is 1.13 bits per heavy atom. The summed E-state index contributed by atoms with van der Waals surface area (Å²) in [6, 6.07) is 14.6. The van der Waals surface area contributed by atoms with Crippen LogP contribution < -0.4 is 0 Å². The molecule has 0 unspecified atom stereocenters. The first-order valence-corrected chi connectivity index (χ1v) is 10.3. The van der Waals surface area contributed by atoms with Gasteiger partial charge >= 0.3 is 11.9 Å². The zero-order valence-electron chi connectivity index (χ0n) is 16.5. The van der Waals surface area contributed by atoms with Gasteiger partial charge in [0.2, 0.25) is 0 Å². The normalized spacial score (nSPS) is 19.1. The molecule has 2 aromatic heterocycles. The van der Waals surface area contributed by atoms with Crippen LogP contribution in [0.25, 0.3) is 21.8 Å². The van der Waals surface area contributed by atoms with Crippen LogP contribution in [0.4, 0.5) is 0 Å². The van der Waals surface area contributed by atoms with Crippen LogP contribution in [-0.2, 0) is 12.8 Å². The molecule has 2 heterocycles. The molecule has 0 spiro atoms. The maximum atomic E-state index is 12.2. The van der Waals surface area contributed by atoms with E-state index >= 15 is 0 Å². The lowest BCUT2D eigenvalue weighted by Crippen LogP contribution is -2.30. The molecule has 0 saturated heterocycles. The number of para-hydroxylation sites is 2. The van der Waals surface area contributed by atoms with Crippen molar-refractivity contribution in [3.05, 3.63) is 82.2 Å². The highest BCUT2D eigenvalue weighted by molar-refractivity contribution is 6.05. The number of fused-ring (bicyclic) bond motifs is 8. The summed E-state index contributed by atoms with van der Waals surface area (Å²) in [6.07, 6.45) is 1.81. The third kappa shape index (κ3) is 2.51. The van der Waals surface area contributed by atoms with E-state index in [1.54, 1.807) is 12.1 Å². The maximum Gasteiger partial charge on any atom is 0.336 e. The number of benzene rings is 2. The molecular weight excluding hydrogens is 392 g/mol. The van der Waals surface area contributed by atoms with E-state index in [9.17, 15) is 19.8 Å². The SMILES string of the molecule is O=C(O)c1c2c(nc3ccccc13)[C@H]1Cc3c(nc4ccccc4c3C(=O)O)[C@@H](C2)C1. The lowest BCUT2D eigenvalue weighted by molar-refractivity contribution is 0.0687. The minimum absolute atomic E-state index is 0.0231. The van der Waals surface area contributed by atoms with E-state index in [4.69, 9.17) is 9.97 Å². The van der Waals surface area contributed by atoms with Gasteiger partial charge in [-0.15, -0.1) is 0 Å². The quantitative estimate of drug-likeness (QED) is 0.503. The number of carboxylic acids is 2. The van der Waals surface area contributed by atoms with Gasteiger partial charge in [-0.2, -0.15) is 0 Å². The summed E-state index contributed by atoms with van der Waals surface area (Å²) >= 11 is 0. The zero-order chi connectivity index (χ0) is 21.3. The molecule has 2 atom stereocenters. The van der Waals surface area contributed by atoms with Crippen LogP contribution >= 0.6 is 0 Å². The average Bonchev–Trinajstić information content (AvgIpc) is 2.76. The highest BCUT2D eigenvalue weighted by atomic mass is 16.4. The Morgan fingerprint density at radius 1 is 0.710 bits per heavy atom. The molecule has 6 rings (SSSR count). The summed E-state index contributed by atoms with van der Waals surface area (Å²) in [7, 11) is 0. The van der Waals surface area contributed by atoms with E-state index in [0.717, 1.165) is 28.9 Å². The monoisotopic (exact) mass is 410 g/mol. The minimum atomic E-state index is -0.951. The molecule has 0 saturated carbocycles. The minimum Gasteiger partial charge on any atom is -0.478 e. The lowest BCUT2D eigenvalue weighted by atomic mass is 9.68. The summed E-state index contributed by atoms with van der Waals surface area (Å²) in [5.74, 6) is -1.95. The Labute approximate surface area is 177 Å². The third-order valence-electron chi connectivity index (χ3n) is 6.72. The molecule has 152 valence electrons. The van der Waals surface area contributed by atoms with E-state index in [2.05, 4.69) is 0 Å². The number of nitrogens with zero attached hydrogens (tertiary/aromatic N) is 2. The van der Waals surface area contributed by atoms with Gasteiger partial charge in [0, 0.05) is 34.0 Å². The highest BCUT2D eigenvalue weighted by Gasteiger charge is 2.40. The maximum absolute atomic E-state index is 12.2. The summed E-state index contributed by atoms with van der Waals surface area (Å²) in [6.45, 7) is 0. The number of carboxylic acid groups (broad SMARTS) is 2. The molecule has 2 aliphatic rings. The first kappa shape index (κ1) is 18.0. The van der Waals surface area contributed by atoms with Crippen molar-refractivity contribution in [3.8, 4) is 0 Å². The van der Waals surface area contributed by atoms with E-state index in [1.807, 2.05) is 36.4 Å². The van der Waals surface area contributed by atoms with Gasteiger partial charge in [0.15, 0.2) is 0 Å². The lowest BCUT2D eigenvalue weighted by Gasteiger charge is -2.38. The van der Waals surface area contributed by atoms with Crippen LogP contribution in [0.1, 0.15) is 61.5 Å². The van der Waals surface area contributed by atoms with Gasteiger partial charge in [0.05, 0.1) is 22.2 Å².